The van der Waals surface area contributed by atoms with Gasteiger partial charge >= 0.3 is 5.97 Å². The first-order valence-electron chi connectivity index (χ1n) is 7.40. The topological polar surface area (TPSA) is 69.4 Å². The first-order chi connectivity index (χ1) is 11.6. The van der Waals surface area contributed by atoms with Gasteiger partial charge in [0.1, 0.15) is 10.3 Å². The van der Waals surface area contributed by atoms with E-state index in [1.807, 2.05) is 24.3 Å². The molecule has 8 heteroatoms. The second kappa shape index (κ2) is 7.19. The molecule has 1 atom stereocenters. The standard InChI is InChI=1S/C16H15ClN4O2S/c1-3-23-16(22)10(2)24-14-9-8-13-18-19-15(21(13)20-14)11-4-6-12(17)7-5-11/h4-10H,3H2,1-2H3/t10-/m1/s1. The van der Waals surface area contributed by atoms with Crippen LogP contribution in [-0.4, -0.2) is 37.6 Å². The summed E-state index contributed by atoms with van der Waals surface area (Å²) in [6, 6.07) is 10.9. The molecule has 0 radical (unpaired) electrons. The summed E-state index contributed by atoms with van der Waals surface area (Å²) in [4.78, 5) is 11.8. The lowest BCUT2D eigenvalue weighted by Crippen LogP contribution is -2.17. The molecule has 0 amide bonds. The normalized spacial score (nSPS) is 12.3. The van der Waals surface area contributed by atoms with Crippen LogP contribution < -0.4 is 0 Å². The van der Waals surface area contributed by atoms with Gasteiger partial charge in [-0.25, -0.2) is 0 Å². The Bertz CT molecular complexity index is 866. The zero-order valence-electron chi connectivity index (χ0n) is 13.1. The van der Waals surface area contributed by atoms with Gasteiger partial charge in [-0.15, -0.1) is 10.2 Å². The Morgan fingerprint density at radius 3 is 2.71 bits per heavy atom. The Morgan fingerprint density at radius 1 is 1.25 bits per heavy atom. The van der Waals surface area contributed by atoms with E-state index in [1.54, 1.807) is 30.5 Å². The third kappa shape index (κ3) is 3.52. The van der Waals surface area contributed by atoms with Crippen LogP contribution in [-0.2, 0) is 9.53 Å². The minimum absolute atomic E-state index is 0.258. The minimum atomic E-state index is -0.342. The highest BCUT2D eigenvalue weighted by Crippen LogP contribution is 2.24. The van der Waals surface area contributed by atoms with E-state index in [4.69, 9.17) is 16.3 Å². The van der Waals surface area contributed by atoms with E-state index in [0.29, 0.717) is 28.1 Å². The molecule has 24 heavy (non-hydrogen) atoms. The van der Waals surface area contributed by atoms with Gasteiger partial charge in [-0.1, -0.05) is 23.4 Å². The number of carbonyl (C=O) groups excluding carboxylic acids is 1. The van der Waals surface area contributed by atoms with Gasteiger partial charge in [0.25, 0.3) is 0 Å². The third-order valence-corrected chi connectivity index (χ3v) is 4.51. The molecule has 3 rings (SSSR count). The number of aromatic nitrogens is 4. The number of rotatable bonds is 5. The Kier molecular flexibility index (Phi) is 5.01. The summed E-state index contributed by atoms with van der Waals surface area (Å²) in [5, 5.41) is 13.8. The molecule has 0 bridgehead atoms. The highest BCUT2D eigenvalue weighted by molar-refractivity contribution is 8.00. The Balaban J connectivity index is 1.91. The monoisotopic (exact) mass is 362 g/mol. The van der Waals surface area contributed by atoms with Crippen molar-refractivity contribution < 1.29 is 9.53 Å². The van der Waals surface area contributed by atoms with Crippen molar-refractivity contribution in [2.75, 3.05) is 6.61 Å². The maximum Gasteiger partial charge on any atom is 0.319 e. The van der Waals surface area contributed by atoms with Gasteiger partial charge in [-0.3, -0.25) is 4.79 Å². The lowest BCUT2D eigenvalue weighted by molar-refractivity contribution is -0.142. The molecule has 0 unspecified atom stereocenters. The number of esters is 1. The van der Waals surface area contributed by atoms with Crippen LogP contribution in [0.2, 0.25) is 5.02 Å². The molecule has 2 aromatic heterocycles. The molecule has 124 valence electrons. The van der Waals surface area contributed by atoms with Crippen LogP contribution in [0.15, 0.2) is 41.4 Å². The Labute approximate surface area is 148 Å². The molecule has 0 aliphatic heterocycles. The van der Waals surface area contributed by atoms with Crippen LogP contribution in [0.1, 0.15) is 13.8 Å². The average molecular weight is 363 g/mol. The first-order valence-corrected chi connectivity index (χ1v) is 8.66. The third-order valence-electron chi connectivity index (χ3n) is 3.26. The minimum Gasteiger partial charge on any atom is -0.465 e. The summed E-state index contributed by atoms with van der Waals surface area (Å²) in [7, 11) is 0. The summed E-state index contributed by atoms with van der Waals surface area (Å²) in [5.74, 6) is 0.360. The molecule has 0 spiro atoms. The van der Waals surface area contributed by atoms with Crippen molar-refractivity contribution in [3.05, 3.63) is 41.4 Å². The number of nitrogens with zero attached hydrogens (tertiary/aromatic N) is 4. The second-order valence-electron chi connectivity index (χ2n) is 4.98. The van der Waals surface area contributed by atoms with Gasteiger partial charge in [-0.2, -0.15) is 9.61 Å². The molecule has 0 saturated heterocycles. The number of thioether (sulfide) groups is 1. The Hall–Kier alpha value is -2.12. The van der Waals surface area contributed by atoms with Crippen LogP contribution in [0.4, 0.5) is 0 Å². The number of benzene rings is 1. The van der Waals surface area contributed by atoms with Gasteiger partial charge in [0, 0.05) is 10.6 Å². The lowest BCUT2D eigenvalue weighted by Gasteiger charge is -2.09. The van der Waals surface area contributed by atoms with Crippen LogP contribution in [0.3, 0.4) is 0 Å². The van der Waals surface area contributed by atoms with Crippen molar-refractivity contribution in [2.24, 2.45) is 0 Å². The molecule has 3 aromatic rings. The lowest BCUT2D eigenvalue weighted by atomic mass is 10.2. The summed E-state index contributed by atoms with van der Waals surface area (Å²) in [6.45, 7) is 3.94. The molecule has 0 fully saturated rings. The van der Waals surface area contributed by atoms with Gasteiger partial charge in [0.2, 0.25) is 0 Å². The van der Waals surface area contributed by atoms with Crippen LogP contribution in [0.5, 0.6) is 0 Å². The van der Waals surface area contributed by atoms with Crippen LogP contribution in [0.25, 0.3) is 17.0 Å². The van der Waals surface area contributed by atoms with Crippen molar-refractivity contribution in [3.8, 4) is 11.4 Å². The van der Waals surface area contributed by atoms with Gasteiger partial charge in [0.05, 0.1) is 6.61 Å². The molecule has 2 heterocycles. The summed E-state index contributed by atoms with van der Waals surface area (Å²) >= 11 is 7.26. The summed E-state index contributed by atoms with van der Waals surface area (Å²) < 4.78 is 6.68. The number of halogens is 1. The summed E-state index contributed by atoms with van der Waals surface area (Å²) in [5.41, 5.74) is 1.49. The molecule has 0 aliphatic carbocycles. The van der Waals surface area contributed by atoms with E-state index in [1.165, 1.54) is 11.8 Å². The zero-order chi connectivity index (χ0) is 17.1. The van der Waals surface area contributed by atoms with Crippen molar-refractivity contribution in [3.63, 3.8) is 0 Å². The van der Waals surface area contributed by atoms with Crippen molar-refractivity contribution in [1.82, 2.24) is 19.8 Å². The fourth-order valence-electron chi connectivity index (χ4n) is 2.10. The molecule has 0 saturated carbocycles. The van der Waals surface area contributed by atoms with Crippen LogP contribution >= 0.6 is 23.4 Å². The number of carbonyl (C=O) groups is 1. The smallest absolute Gasteiger partial charge is 0.319 e. The molecule has 0 aliphatic rings. The van der Waals surface area contributed by atoms with Crippen molar-refractivity contribution in [2.45, 2.75) is 24.1 Å². The van der Waals surface area contributed by atoms with Gasteiger partial charge in [-0.05, 0) is 50.2 Å². The Morgan fingerprint density at radius 2 is 2.00 bits per heavy atom. The van der Waals surface area contributed by atoms with E-state index in [9.17, 15) is 4.79 Å². The van der Waals surface area contributed by atoms with E-state index in [0.717, 1.165) is 5.56 Å². The van der Waals surface area contributed by atoms with E-state index < -0.39 is 0 Å². The van der Waals surface area contributed by atoms with Crippen molar-refractivity contribution >= 4 is 35.0 Å². The fourth-order valence-corrected chi connectivity index (χ4v) is 3.03. The maximum atomic E-state index is 11.8. The predicted octanol–water partition coefficient (Wildman–Crippen LogP) is 3.49. The maximum absolute atomic E-state index is 11.8. The number of fused-ring (bicyclic) bond motifs is 1. The molecule has 0 N–H and O–H groups in total. The van der Waals surface area contributed by atoms with E-state index >= 15 is 0 Å². The highest BCUT2D eigenvalue weighted by atomic mass is 35.5. The zero-order valence-corrected chi connectivity index (χ0v) is 14.7. The first kappa shape index (κ1) is 16.7. The SMILES string of the molecule is CCOC(=O)[C@@H](C)Sc1ccc2nnc(-c3ccc(Cl)cc3)n2n1. The molecule has 6 nitrogen and oxygen atoms in total. The van der Waals surface area contributed by atoms with E-state index in [-0.39, 0.29) is 11.2 Å². The van der Waals surface area contributed by atoms with E-state index in [2.05, 4.69) is 15.3 Å². The quantitative estimate of drug-likeness (QED) is 0.511. The molecular weight excluding hydrogens is 348 g/mol. The molecule has 1 aromatic carbocycles. The predicted molar refractivity (Wildman–Crippen MR) is 93.2 cm³/mol. The fraction of sp³-hybridized carbons (Fsp3) is 0.250. The van der Waals surface area contributed by atoms with Gasteiger partial charge < -0.3 is 4.74 Å². The number of hydrogen-bond donors (Lipinski definition) is 0. The van der Waals surface area contributed by atoms with Crippen LogP contribution in [0, 0.1) is 0 Å². The molecular formula is C16H15ClN4O2S. The largest absolute Gasteiger partial charge is 0.465 e. The average Bonchev–Trinajstić information content (AvgIpc) is 2.99. The highest BCUT2D eigenvalue weighted by Gasteiger charge is 2.17. The second-order valence-corrected chi connectivity index (χ2v) is 6.78. The summed E-state index contributed by atoms with van der Waals surface area (Å²) in [6.07, 6.45) is 0. The van der Waals surface area contributed by atoms with Crippen molar-refractivity contribution in [1.29, 1.82) is 0 Å². The van der Waals surface area contributed by atoms with Gasteiger partial charge in [0.15, 0.2) is 11.5 Å². The number of ether oxygens (including phenoxy) is 1. The number of hydrogen-bond acceptors (Lipinski definition) is 6.